The van der Waals surface area contributed by atoms with Crippen LogP contribution in [0.4, 0.5) is 11.4 Å². The van der Waals surface area contributed by atoms with Gasteiger partial charge in [-0.15, -0.1) is 0 Å². The Kier molecular flexibility index (Phi) is 6.30. The van der Waals surface area contributed by atoms with Gasteiger partial charge in [0, 0.05) is 32.1 Å². The number of nitrogens with one attached hydrogen (secondary N) is 2. The molecule has 0 amide bonds. The van der Waals surface area contributed by atoms with Gasteiger partial charge < -0.3 is 15.1 Å². The van der Waals surface area contributed by atoms with E-state index in [1.807, 2.05) is 54.6 Å². The van der Waals surface area contributed by atoms with Gasteiger partial charge in [-0.3, -0.25) is 4.79 Å². The fraction of sp³-hybridized carbons (Fsp3) is 0.0500. The van der Waals surface area contributed by atoms with Gasteiger partial charge in [0.15, 0.2) is 0 Å². The molecule has 0 aliphatic carbocycles. The highest BCUT2D eigenvalue weighted by atomic mass is 79.9. The predicted octanol–water partition coefficient (Wildman–Crippen LogP) is 6.15. The topological polar surface area (TPSA) is 54.3 Å². The van der Waals surface area contributed by atoms with Crippen LogP contribution in [0.15, 0.2) is 92.1 Å². The Balaban J connectivity index is 1.85. The van der Waals surface area contributed by atoms with E-state index in [9.17, 15) is 4.79 Å². The molecule has 2 N–H and O–H groups in total. The molecular weight excluding hydrogens is 460 g/mol. The third-order valence-electron chi connectivity index (χ3n) is 3.70. The maximum absolute atomic E-state index is 11.8. The van der Waals surface area contributed by atoms with Crippen molar-refractivity contribution in [2.45, 2.75) is 6.04 Å². The first-order valence-electron chi connectivity index (χ1n) is 7.88. The highest BCUT2D eigenvalue weighted by Gasteiger charge is 2.19. The van der Waals surface area contributed by atoms with E-state index in [-0.39, 0.29) is 0 Å². The van der Waals surface area contributed by atoms with Crippen molar-refractivity contribution in [3.63, 3.8) is 0 Å². The SMILES string of the molecule is O=C/C(=C\Nc1ccc(Br)cc1)[C@@H](Nc1ccc(Br)cc1)c1ccco1. The summed E-state index contributed by atoms with van der Waals surface area (Å²) in [7, 11) is 0. The van der Waals surface area contributed by atoms with E-state index in [0.717, 1.165) is 26.6 Å². The zero-order valence-electron chi connectivity index (χ0n) is 13.7. The predicted molar refractivity (Wildman–Crippen MR) is 111 cm³/mol. The van der Waals surface area contributed by atoms with Crippen LogP contribution >= 0.6 is 31.9 Å². The Morgan fingerprint density at radius 3 is 2.08 bits per heavy atom. The summed E-state index contributed by atoms with van der Waals surface area (Å²) in [5, 5.41) is 6.50. The standard InChI is InChI=1S/C20H16Br2N2O2/c21-15-3-7-17(8-4-15)23-12-14(13-25)20(19-2-1-11-26-19)24-18-9-5-16(22)6-10-18/h1-13,20,23-24H/b14-12+/t20-/m1/s1. The Hall–Kier alpha value is -2.31. The minimum Gasteiger partial charge on any atom is -0.467 e. The second kappa shape index (κ2) is 8.87. The van der Waals surface area contributed by atoms with Crippen molar-refractivity contribution >= 4 is 49.5 Å². The summed E-state index contributed by atoms with van der Waals surface area (Å²) in [4.78, 5) is 11.8. The van der Waals surface area contributed by atoms with Gasteiger partial charge in [0.05, 0.1) is 6.26 Å². The molecule has 0 unspecified atom stereocenters. The first-order chi connectivity index (χ1) is 12.7. The lowest BCUT2D eigenvalue weighted by molar-refractivity contribution is -0.105. The third-order valence-corrected chi connectivity index (χ3v) is 4.76. The van der Waals surface area contributed by atoms with Crippen molar-refractivity contribution in [3.05, 3.63) is 93.4 Å². The number of furan rings is 1. The molecule has 0 radical (unpaired) electrons. The minimum absolute atomic E-state index is 0.411. The van der Waals surface area contributed by atoms with Crippen LogP contribution in [-0.2, 0) is 4.79 Å². The summed E-state index contributed by atoms with van der Waals surface area (Å²) < 4.78 is 7.52. The number of hydrogen-bond acceptors (Lipinski definition) is 4. The van der Waals surface area contributed by atoms with Gasteiger partial charge in [0.1, 0.15) is 18.1 Å². The van der Waals surface area contributed by atoms with Gasteiger partial charge in [-0.1, -0.05) is 31.9 Å². The zero-order chi connectivity index (χ0) is 18.4. The molecular formula is C20H16Br2N2O2. The molecule has 4 nitrogen and oxygen atoms in total. The molecule has 0 saturated carbocycles. The zero-order valence-corrected chi connectivity index (χ0v) is 16.8. The summed E-state index contributed by atoms with van der Waals surface area (Å²) >= 11 is 6.83. The van der Waals surface area contributed by atoms with Crippen LogP contribution in [0.1, 0.15) is 11.8 Å². The molecule has 2 aromatic carbocycles. The Labute approximate surface area is 168 Å². The summed E-state index contributed by atoms with van der Waals surface area (Å²) in [6.07, 6.45) is 4.11. The van der Waals surface area contributed by atoms with Crippen LogP contribution in [0, 0.1) is 0 Å². The molecule has 1 aromatic heterocycles. The van der Waals surface area contributed by atoms with Crippen molar-refractivity contribution in [3.8, 4) is 0 Å². The second-order valence-electron chi connectivity index (χ2n) is 5.51. The number of halogens is 2. The number of hydrogen-bond donors (Lipinski definition) is 2. The first kappa shape index (κ1) is 18.5. The number of benzene rings is 2. The third kappa shape index (κ3) is 4.86. The molecule has 0 fully saturated rings. The van der Waals surface area contributed by atoms with Crippen LogP contribution < -0.4 is 10.6 Å². The molecule has 0 bridgehead atoms. The number of anilines is 2. The van der Waals surface area contributed by atoms with E-state index >= 15 is 0 Å². The van der Waals surface area contributed by atoms with E-state index < -0.39 is 6.04 Å². The fourth-order valence-corrected chi connectivity index (χ4v) is 2.91. The average Bonchev–Trinajstić information content (AvgIpc) is 3.18. The summed E-state index contributed by atoms with van der Waals surface area (Å²) in [5.41, 5.74) is 2.28. The van der Waals surface area contributed by atoms with E-state index in [2.05, 4.69) is 42.5 Å². The lowest BCUT2D eigenvalue weighted by Crippen LogP contribution is -2.15. The van der Waals surface area contributed by atoms with Gasteiger partial charge in [-0.05, 0) is 60.7 Å². The van der Waals surface area contributed by atoms with E-state index in [4.69, 9.17) is 4.42 Å². The van der Waals surface area contributed by atoms with Crippen LogP contribution in [0.25, 0.3) is 0 Å². The van der Waals surface area contributed by atoms with Crippen molar-refractivity contribution in [1.29, 1.82) is 0 Å². The number of rotatable bonds is 7. The van der Waals surface area contributed by atoms with Gasteiger partial charge in [-0.25, -0.2) is 0 Å². The maximum Gasteiger partial charge on any atom is 0.150 e. The molecule has 6 heteroatoms. The lowest BCUT2D eigenvalue weighted by Gasteiger charge is -2.18. The van der Waals surface area contributed by atoms with Gasteiger partial charge >= 0.3 is 0 Å². The quantitative estimate of drug-likeness (QED) is 0.317. The largest absolute Gasteiger partial charge is 0.467 e. The molecule has 3 aromatic rings. The summed E-state index contributed by atoms with van der Waals surface area (Å²) in [6.45, 7) is 0. The Bertz CT molecular complexity index is 873. The van der Waals surface area contributed by atoms with E-state index in [0.29, 0.717) is 11.3 Å². The van der Waals surface area contributed by atoms with Gasteiger partial charge in [0.25, 0.3) is 0 Å². The van der Waals surface area contributed by atoms with Crippen LogP contribution in [0.3, 0.4) is 0 Å². The molecule has 0 spiro atoms. The van der Waals surface area contributed by atoms with Crippen molar-refractivity contribution < 1.29 is 9.21 Å². The van der Waals surface area contributed by atoms with Gasteiger partial charge in [0.2, 0.25) is 0 Å². The normalized spacial score (nSPS) is 12.5. The summed E-state index contributed by atoms with van der Waals surface area (Å²) in [5.74, 6) is 0.656. The first-order valence-corrected chi connectivity index (χ1v) is 9.47. The van der Waals surface area contributed by atoms with Crippen LogP contribution in [0.5, 0.6) is 0 Å². The number of carbonyl (C=O) groups is 1. The smallest absolute Gasteiger partial charge is 0.150 e. The van der Waals surface area contributed by atoms with Crippen LogP contribution in [0.2, 0.25) is 0 Å². The lowest BCUT2D eigenvalue weighted by atomic mass is 10.1. The van der Waals surface area contributed by atoms with Crippen molar-refractivity contribution in [1.82, 2.24) is 0 Å². The van der Waals surface area contributed by atoms with Crippen molar-refractivity contribution in [2.24, 2.45) is 0 Å². The second-order valence-corrected chi connectivity index (χ2v) is 7.34. The fourth-order valence-electron chi connectivity index (χ4n) is 2.39. The van der Waals surface area contributed by atoms with Crippen LogP contribution in [-0.4, -0.2) is 6.29 Å². The Morgan fingerprint density at radius 2 is 1.54 bits per heavy atom. The molecule has 0 aliphatic heterocycles. The minimum atomic E-state index is -0.411. The highest BCUT2D eigenvalue weighted by Crippen LogP contribution is 2.27. The van der Waals surface area contributed by atoms with Gasteiger partial charge in [-0.2, -0.15) is 0 Å². The average molecular weight is 476 g/mol. The molecule has 1 atom stereocenters. The number of aldehydes is 1. The summed E-state index contributed by atoms with van der Waals surface area (Å²) in [6, 6.07) is 18.7. The molecule has 132 valence electrons. The number of carbonyl (C=O) groups excluding carboxylic acids is 1. The van der Waals surface area contributed by atoms with E-state index in [1.54, 1.807) is 18.5 Å². The molecule has 0 aliphatic rings. The van der Waals surface area contributed by atoms with E-state index in [1.165, 1.54) is 0 Å². The molecule has 0 saturated heterocycles. The monoisotopic (exact) mass is 474 g/mol. The van der Waals surface area contributed by atoms with Crippen molar-refractivity contribution in [2.75, 3.05) is 10.6 Å². The maximum atomic E-state index is 11.8. The highest BCUT2D eigenvalue weighted by molar-refractivity contribution is 9.10. The molecule has 26 heavy (non-hydrogen) atoms. The molecule has 1 heterocycles. The Morgan fingerprint density at radius 1 is 0.923 bits per heavy atom. The molecule has 3 rings (SSSR count).